The fourth-order valence-electron chi connectivity index (χ4n) is 3.71. The van der Waals surface area contributed by atoms with Gasteiger partial charge in [0.1, 0.15) is 0 Å². The van der Waals surface area contributed by atoms with Crippen LogP contribution in [0.25, 0.3) is 0 Å². The number of aryl methyl sites for hydroxylation is 1. The summed E-state index contributed by atoms with van der Waals surface area (Å²) in [6.07, 6.45) is 6.24. The Bertz CT molecular complexity index is 702. The molecule has 3 rings (SSSR count). The number of likely N-dealkylation sites (tertiary alicyclic amines) is 1. The Morgan fingerprint density at radius 3 is 2.76 bits per heavy atom. The van der Waals surface area contributed by atoms with Crippen LogP contribution in [0.1, 0.15) is 37.7 Å². The predicted octanol–water partition coefficient (Wildman–Crippen LogP) is 3.29. The highest BCUT2D eigenvalue weighted by Crippen LogP contribution is 2.30. The first-order valence-corrected chi connectivity index (χ1v) is 9.12. The molecule has 1 aromatic carbocycles. The Hall–Kier alpha value is -2.41. The molecule has 1 aliphatic heterocycles. The first-order chi connectivity index (χ1) is 12.2. The number of nitriles is 1. The van der Waals surface area contributed by atoms with E-state index in [0.717, 1.165) is 24.8 Å². The molecule has 1 amide bonds. The van der Waals surface area contributed by atoms with Gasteiger partial charge in [0.2, 0.25) is 5.91 Å². The molecule has 0 bridgehead atoms. The Morgan fingerprint density at radius 2 is 2.04 bits per heavy atom. The maximum Gasteiger partial charge on any atom is 0.226 e. The maximum atomic E-state index is 12.5. The standard InChI is InChI=1S/C21H24N2O2/c22-14-17-11-12-23(15-17)21(25)19-10-9-18(13-19)20(24)8-4-7-16-5-2-1-3-6-16/h1-3,5-6,9,17,19H,4,7-8,10-13,15H2/t17-,19+/m0/s1. The number of rotatable bonds is 6. The summed E-state index contributed by atoms with van der Waals surface area (Å²) in [5.41, 5.74) is 2.08. The van der Waals surface area contributed by atoms with Crippen LogP contribution >= 0.6 is 0 Å². The van der Waals surface area contributed by atoms with Gasteiger partial charge in [0.05, 0.1) is 12.0 Å². The highest BCUT2D eigenvalue weighted by molar-refractivity contribution is 5.97. The van der Waals surface area contributed by atoms with Gasteiger partial charge in [-0.25, -0.2) is 0 Å². The number of hydrogen-bond acceptors (Lipinski definition) is 3. The summed E-state index contributed by atoms with van der Waals surface area (Å²) in [4.78, 5) is 26.7. The zero-order chi connectivity index (χ0) is 17.6. The normalized spacial score (nSPS) is 22.5. The molecule has 2 atom stereocenters. The Labute approximate surface area is 149 Å². The van der Waals surface area contributed by atoms with E-state index >= 15 is 0 Å². The third-order valence-corrected chi connectivity index (χ3v) is 5.22. The molecule has 25 heavy (non-hydrogen) atoms. The maximum absolute atomic E-state index is 12.5. The second kappa shape index (κ2) is 8.11. The summed E-state index contributed by atoms with van der Waals surface area (Å²) in [6.45, 7) is 1.22. The highest BCUT2D eigenvalue weighted by Gasteiger charge is 2.33. The zero-order valence-electron chi connectivity index (χ0n) is 14.5. The van der Waals surface area contributed by atoms with Crippen molar-refractivity contribution >= 4 is 11.7 Å². The van der Waals surface area contributed by atoms with Crippen molar-refractivity contribution in [1.82, 2.24) is 4.90 Å². The molecule has 1 saturated heterocycles. The van der Waals surface area contributed by atoms with Crippen molar-refractivity contribution in [2.45, 2.75) is 38.5 Å². The largest absolute Gasteiger partial charge is 0.341 e. The number of amides is 1. The molecule has 0 N–H and O–H groups in total. The van der Waals surface area contributed by atoms with Crippen LogP contribution in [0.5, 0.6) is 0 Å². The van der Waals surface area contributed by atoms with Crippen LogP contribution in [-0.2, 0) is 16.0 Å². The molecule has 4 heteroatoms. The molecule has 1 aromatic rings. The van der Waals surface area contributed by atoms with Gasteiger partial charge in [-0.3, -0.25) is 9.59 Å². The van der Waals surface area contributed by atoms with Crippen LogP contribution in [0.4, 0.5) is 0 Å². The molecule has 0 unspecified atom stereocenters. The van der Waals surface area contributed by atoms with E-state index in [1.165, 1.54) is 5.56 Å². The van der Waals surface area contributed by atoms with Crippen LogP contribution in [0.2, 0.25) is 0 Å². The molecule has 1 heterocycles. The molecule has 4 nitrogen and oxygen atoms in total. The van der Waals surface area contributed by atoms with Gasteiger partial charge in [0, 0.05) is 25.4 Å². The molecular weight excluding hydrogens is 312 g/mol. The van der Waals surface area contributed by atoms with Crippen molar-refractivity contribution in [1.29, 1.82) is 5.26 Å². The molecule has 0 aromatic heterocycles. The lowest BCUT2D eigenvalue weighted by Gasteiger charge is -2.20. The minimum absolute atomic E-state index is 0.0302. The van der Waals surface area contributed by atoms with Crippen LogP contribution < -0.4 is 0 Å². The van der Waals surface area contributed by atoms with E-state index in [4.69, 9.17) is 5.26 Å². The summed E-state index contributed by atoms with van der Waals surface area (Å²) in [5, 5.41) is 8.97. The lowest BCUT2D eigenvalue weighted by atomic mass is 9.99. The van der Waals surface area contributed by atoms with Gasteiger partial charge >= 0.3 is 0 Å². The van der Waals surface area contributed by atoms with E-state index < -0.39 is 0 Å². The third-order valence-electron chi connectivity index (χ3n) is 5.22. The SMILES string of the molecule is N#C[C@@H]1CCN(C(=O)[C@@H]2CC=C(C(=O)CCCc3ccccc3)C2)C1. The van der Waals surface area contributed by atoms with E-state index in [2.05, 4.69) is 18.2 Å². The van der Waals surface area contributed by atoms with E-state index in [0.29, 0.717) is 32.4 Å². The van der Waals surface area contributed by atoms with Crippen LogP contribution in [0, 0.1) is 23.2 Å². The minimum atomic E-state index is -0.106. The van der Waals surface area contributed by atoms with Gasteiger partial charge in [-0.1, -0.05) is 36.4 Å². The smallest absolute Gasteiger partial charge is 0.226 e. The van der Waals surface area contributed by atoms with Crippen LogP contribution in [0.15, 0.2) is 42.0 Å². The molecule has 2 aliphatic rings. The number of carbonyl (C=O) groups excluding carboxylic acids is 2. The van der Waals surface area contributed by atoms with Crippen molar-refractivity contribution < 1.29 is 9.59 Å². The number of hydrogen-bond donors (Lipinski definition) is 0. The van der Waals surface area contributed by atoms with Crippen molar-refractivity contribution in [2.75, 3.05) is 13.1 Å². The van der Waals surface area contributed by atoms with E-state index in [9.17, 15) is 9.59 Å². The summed E-state index contributed by atoms with van der Waals surface area (Å²) in [5.74, 6) is 0.159. The fourth-order valence-corrected chi connectivity index (χ4v) is 3.71. The van der Waals surface area contributed by atoms with Gasteiger partial charge in [-0.05, 0) is 43.2 Å². The summed E-state index contributed by atoms with van der Waals surface area (Å²) in [7, 11) is 0. The summed E-state index contributed by atoms with van der Waals surface area (Å²) >= 11 is 0. The number of allylic oxidation sites excluding steroid dienone is 2. The van der Waals surface area contributed by atoms with E-state index in [-0.39, 0.29) is 23.5 Å². The zero-order valence-corrected chi connectivity index (χ0v) is 14.5. The second-order valence-corrected chi connectivity index (χ2v) is 7.03. The Balaban J connectivity index is 1.43. The Kier molecular flexibility index (Phi) is 5.65. The second-order valence-electron chi connectivity index (χ2n) is 7.03. The molecule has 1 fully saturated rings. The van der Waals surface area contributed by atoms with E-state index in [1.54, 1.807) is 4.90 Å². The van der Waals surface area contributed by atoms with Crippen LogP contribution in [-0.4, -0.2) is 29.7 Å². The van der Waals surface area contributed by atoms with Gasteiger partial charge in [0.25, 0.3) is 0 Å². The summed E-state index contributed by atoms with van der Waals surface area (Å²) in [6, 6.07) is 12.4. The number of ketones is 1. The highest BCUT2D eigenvalue weighted by atomic mass is 16.2. The van der Waals surface area contributed by atoms with Gasteiger partial charge in [0.15, 0.2) is 5.78 Å². The van der Waals surface area contributed by atoms with Crippen molar-refractivity contribution in [3.63, 3.8) is 0 Å². The molecular formula is C21H24N2O2. The van der Waals surface area contributed by atoms with Crippen molar-refractivity contribution in [3.8, 4) is 6.07 Å². The average molecular weight is 336 g/mol. The monoisotopic (exact) mass is 336 g/mol. The van der Waals surface area contributed by atoms with Gasteiger partial charge < -0.3 is 4.90 Å². The fraction of sp³-hybridized carbons (Fsp3) is 0.476. The van der Waals surface area contributed by atoms with Gasteiger partial charge in [-0.2, -0.15) is 5.26 Å². The number of carbonyl (C=O) groups is 2. The minimum Gasteiger partial charge on any atom is -0.341 e. The van der Waals surface area contributed by atoms with Crippen molar-refractivity contribution in [3.05, 3.63) is 47.5 Å². The predicted molar refractivity (Wildman–Crippen MR) is 95.5 cm³/mol. The molecule has 0 radical (unpaired) electrons. The van der Waals surface area contributed by atoms with Crippen molar-refractivity contribution in [2.24, 2.45) is 11.8 Å². The summed E-state index contributed by atoms with van der Waals surface area (Å²) < 4.78 is 0. The number of nitrogens with zero attached hydrogens (tertiary/aromatic N) is 2. The number of benzene rings is 1. The molecule has 1 aliphatic carbocycles. The molecule has 0 spiro atoms. The lowest BCUT2D eigenvalue weighted by molar-refractivity contribution is -0.134. The number of Topliss-reactive ketones (excluding diaryl/α,β-unsaturated/α-hetero) is 1. The van der Waals surface area contributed by atoms with Gasteiger partial charge in [-0.15, -0.1) is 0 Å². The first kappa shape index (κ1) is 17.4. The Morgan fingerprint density at radius 1 is 1.24 bits per heavy atom. The van der Waals surface area contributed by atoms with E-state index in [1.807, 2.05) is 24.3 Å². The topological polar surface area (TPSA) is 61.2 Å². The quantitative estimate of drug-likeness (QED) is 0.801. The average Bonchev–Trinajstić information content (AvgIpc) is 3.31. The molecule has 0 saturated carbocycles. The third kappa shape index (κ3) is 4.36. The van der Waals surface area contributed by atoms with Crippen LogP contribution in [0.3, 0.4) is 0 Å². The first-order valence-electron chi connectivity index (χ1n) is 9.12. The molecule has 130 valence electrons. The lowest BCUT2D eigenvalue weighted by Crippen LogP contribution is -2.33.